The molecular weight excluding hydrogens is 546 g/mol. The molecule has 2 aliphatic rings. The quantitative estimate of drug-likeness (QED) is 0.320. The van der Waals surface area contributed by atoms with E-state index >= 15 is 0 Å². The van der Waals surface area contributed by atoms with Crippen LogP contribution in [0, 0.1) is 19.8 Å². The molecule has 3 heterocycles. The minimum atomic E-state index is -0.746. The number of nitrogens with zero attached hydrogens (tertiary/aromatic N) is 1. The fraction of sp³-hybridized carbons (Fsp3) is 0.200. The fourth-order valence-electron chi connectivity index (χ4n) is 5.15. The van der Waals surface area contributed by atoms with Crippen molar-refractivity contribution in [3.63, 3.8) is 0 Å². The number of para-hydroxylation sites is 1. The Bertz CT molecular complexity index is 1680. The monoisotopic (exact) mass is 571 g/mol. The minimum absolute atomic E-state index is 0.251. The van der Waals surface area contributed by atoms with E-state index in [1.807, 2.05) is 62.4 Å². The highest BCUT2D eigenvalue weighted by Crippen LogP contribution is 2.54. The molecular formula is C30H25N3O5S2. The third-order valence-electron chi connectivity index (χ3n) is 7.06. The summed E-state index contributed by atoms with van der Waals surface area (Å²) in [6, 6.07) is 21.9. The Labute approximate surface area is 238 Å². The molecule has 4 aromatic rings. The molecule has 3 atom stereocenters. The van der Waals surface area contributed by atoms with Gasteiger partial charge in [-0.25, -0.2) is 4.90 Å². The molecule has 0 unspecified atom stereocenters. The maximum Gasteiger partial charge on any atom is 0.305 e. The van der Waals surface area contributed by atoms with Crippen LogP contribution in [0.25, 0.3) is 0 Å². The number of aromatic nitrogens is 1. The third kappa shape index (κ3) is 4.73. The Morgan fingerprint density at radius 1 is 0.925 bits per heavy atom. The van der Waals surface area contributed by atoms with E-state index in [0.29, 0.717) is 32.6 Å². The number of fused-ring (bicyclic) bond motifs is 2. The topological polar surface area (TPSA) is 109 Å². The molecule has 3 aromatic carbocycles. The highest BCUT2D eigenvalue weighted by atomic mass is 32.2. The standard InChI is InChI=1S/C30H25N3O5S2/c1-16-7-11-18(12-8-16)31-22(34)15-38-21-6-4-3-5-20(21)23-24-26(39-27-25(23)40-30(37)32-27)29(36)33(28(24)35)19-13-9-17(2)10-14-19/h3-14,23-24,26H,15H2,1-2H3,(H,31,34)(H,32,37)/t23-,24-,26+/m0/s1. The van der Waals surface area contributed by atoms with Gasteiger partial charge in [0.15, 0.2) is 6.61 Å². The summed E-state index contributed by atoms with van der Waals surface area (Å²) in [5, 5.41) is 2.69. The zero-order valence-corrected chi connectivity index (χ0v) is 23.3. The number of imide groups is 1. The van der Waals surface area contributed by atoms with Gasteiger partial charge >= 0.3 is 4.87 Å². The molecule has 0 radical (unpaired) electrons. The lowest BCUT2D eigenvalue weighted by atomic mass is 9.82. The van der Waals surface area contributed by atoms with Crippen LogP contribution in [0.15, 0.2) is 82.6 Å². The highest BCUT2D eigenvalue weighted by molar-refractivity contribution is 8.00. The number of H-pyrrole nitrogens is 1. The van der Waals surface area contributed by atoms with Crippen LogP contribution in [0.5, 0.6) is 5.75 Å². The number of benzene rings is 3. The van der Waals surface area contributed by atoms with E-state index in [1.165, 1.54) is 16.7 Å². The number of aromatic amines is 1. The first-order chi connectivity index (χ1) is 19.3. The van der Waals surface area contributed by atoms with Crippen molar-refractivity contribution in [1.29, 1.82) is 0 Å². The highest BCUT2D eigenvalue weighted by Gasteiger charge is 2.56. The molecule has 2 N–H and O–H groups in total. The summed E-state index contributed by atoms with van der Waals surface area (Å²) >= 11 is 2.26. The lowest BCUT2D eigenvalue weighted by Gasteiger charge is -2.30. The first-order valence-electron chi connectivity index (χ1n) is 12.7. The van der Waals surface area contributed by atoms with Crippen molar-refractivity contribution in [1.82, 2.24) is 4.98 Å². The van der Waals surface area contributed by atoms with Gasteiger partial charge in [0, 0.05) is 22.0 Å². The van der Waals surface area contributed by atoms with Crippen molar-refractivity contribution < 1.29 is 19.1 Å². The van der Waals surface area contributed by atoms with Gasteiger partial charge in [0.25, 0.3) is 5.91 Å². The molecule has 202 valence electrons. The van der Waals surface area contributed by atoms with Crippen molar-refractivity contribution in [2.75, 3.05) is 16.8 Å². The molecule has 1 fully saturated rings. The maximum absolute atomic E-state index is 13.9. The van der Waals surface area contributed by atoms with E-state index in [0.717, 1.165) is 22.5 Å². The normalized spacial score (nSPS) is 19.8. The van der Waals surface area contributed by atoms with Crippen LogP contribution in [-0.2, 0) is 14.4 Å². The van der Waals surface area contributed by atoms with Gasteiger partial charge in [-0.1, -0.05) is 76.7 Å². The van der Waals surface area contributed by atoms with Gasteiger partial charge < -0.3 is 15.0 Å². The Kier molecular flexibility index (Phi) is 6.81. The minimum Gasteiger partial charge on any atom is -0.483 e. The fourth-order valence-corrected chi connectivity index (χ4v) is 7.65. The van der Waals surface area contributed by atoms with E-state index in [-0.39, 0.29) is 29.2 Å². The predicted octanol–water partition coefficient (Wildman–Crippen LogP) is 4.87. The van der Waals surface area contributed by atoms with Crippen molar-refractivity contribution >= 4 is 52.2 Å². The Morgan fingerprint density at radius 3 is 2.33 bits per heavy atom. The summed E-state index contributed by atoms with van der Waals surface area (Å²) in [5.74, 6) is -1.91. The number of thioether (sulfide) groups is 1. The maximum atomic E-state index is 13.9. The Morgan fingerprint density at radius 2 is 1.60 bits per heavy atom. The molecule has 3 amide bonds. The summed E-state index contributed by atoms with van der Waals surface area (Å²) in [4.78, 5) is 57.2. The van der Waals surface area contributed by atoms with Crippen LogP contribution in [0.1, 0.15) is 27.5 Å². The second-order valence-corrected chi connectivity index (χ2v) is 12.0. The molecule has 6 rings (SSSR count). The lowest BCUT2D eigenvalue weighted by Crippen LogP contribution is -2.32. The van der Waals surface area contributed by atoms with Crippen LogP contribution >= 0.6 is 23.1 Å². The molecule has 8 nitrogen and oxygen atoms in total. The van der Waals surface area contributed by atoms with E-state index in [1.54, 1.807) is 24.3 Å². The second-order valence-electron chi connectivity index (χ2n) is 9.84. The number of nitrogens with one attached hydrogen (secondary N) is 2. The number of carbonyl (C=O) groups excluding carboxylic acids is 3. The van der Waals surface area contributed by atoms with Crippen molar-refractivity contribution in [3.8, 4) is 5.75 Å². The van der Waals surface area contributed by atoms with Gasteiger partial charge in [-0.3, -0.25) is 19.2 Å². The van der Waals surface area contributed by atoms with E-state index < -0.39 is 17.1 Å². The molecule has 10 heteroatoms. The summed E-state index contributed by atoms with van der Waals surface area (Å²) in [5.41, 5.74) is 3.92. The Hall–Kier alpha value is -4.15. The number of hydrogen-bond acceptors (Lipinski definition) is 7. The molecule has 40 heavy (non-hydrogen) atoms. The first-order valence-corrected chi connectivity index (χ1v) is 14.4. The van der Waals surface area contributed by atoms with Gasteiger partial charge in [0.2, 0.25) is 11.8 Å². The number of hydrogen-bond donors (Lipinski definition) is 2. The number of thiazole rings is 1. The molecule has 1 aromatic heterocycles. The molecule has 0 spiro atoms. The van der Waals surface area contributed by atoms with Crippen LogP contribution in [0.3, 0.4) is 0 Å². The largest absolute Gasteiger partial charge is 0.483 e. The molecule has 2 aliphatic heterocycles. The van der Waals surface area contributed by atoms with Crippen LogP contribution < -0.4 is 19.8 Å². The van der Waals surface area contributed by atoms with Gasteiger partial charge in [-0.2, -0.15) is 0 Å². The van der Waals surface area contributed by atoms with Crippen LogP contribution in [-0.4, -0.2) is 34.6 Å². The van der Waals surface area contributed by atoms with E-state index in [4.69, 9.17) is 4.74 Å². The van der Waals surface area contributed by atoms with Crippen molar-refractivity contribution in [3.05, 3.63) is 104 Å². The zero-order valence-electron chi connectivity index (χ0n) is 21.7. The number of rotatable bonds is 6. The number of amides is 3. The average molecular weight is 572 g/mol. The molecule has 0 aliphatic carbocycles. The molecule has 0 bridgehead atoms. The lowest BCUT2D eigenvalue weighted by molar-refractivity contribution is -0.122. The summed E-state index contributed by atoms with van der Waals surface area (Å²) in [6.07, 6.45) is 0. The van der Waals surface area contributed by atoms with Gasteiger partial charge in [0.05, 0.1) is 16.6 Å². The smallest absolute Gasteiger partial charge is 0.305 e. The van der Waals surface area contributed by atoms with Gasteiger partial charge in [-0.15, -0.1) is 0 Å². The second kappa shape index (κ2) is 10.4. The first kappa shape index (κ1) is 26.1. The Balaban J connectivity index is 1.33. The number of anilines is 2. The van der Waals surface area contributed by atoms with Gasteiger partial charge in [0.1, 0.15) is 11.0 Å². The van der Waals surface area contributed by atoms with Crippen LogP contribution in [0.4, 0.5) is 11.4 Å². The van der Waals surface area contributed by atoms with E-state index in [9.17, 15) is 19.2 Å². The number of carbonyl (C=O) groups is 3. The SMILES string of the molecule is Cc1ccc(NC(=O)COc2ccccc2[C@@H]2c3sc(=O)[nH]c3S[C@H]3C(=O)N(c4ccc(C)cc4)C(=O)[C@@H]23)cc1. The van der Waals surface area contributed by atoms with E-state index in [2.05, 4.69) is 10.3 Å². The number of aryl methyl sites for hydroxylation is 2. The third-order valence-corrected chi connectivity index (χ3v) is 9.47. The van der Waals surface area contributed by atoms with Crippen LogP contribution in [0.2, 0.25) is 0 Å². The van der Waals surface area contributed by atoms with Crippen molar-refractivity contribution in [2.24, 2.45) is 5.92 Å². The molecule has 0 saturated carbocycles. The number of ether oxygens (including phenoxy) is 1. The predicted molar refractivity (Wildman–Crippen MR) is 155 cm³/mol. The zero-order chi connectivity index (χ0) is 28.0. The summed E-state index contributed by atoms with van der Waals surface area (Å²) < 4.78 is 5.99. The summed E-state index contributed by atoms with van der Waals surface area (Å²) in [7, 11) is 0. The summed E-state index contributed by atoms with van der Waals surface area (Å²) in [6.45, 7) is 3.66. The molecule has 1 saturated heterocycles. The van der Waals surface area contributed by atoms with Crippen molar-refractivity contribution in [2.45, 2.75) is 30.0 Å². The van der Waals surface area contributed by atoms with Gasteiger partial charge in [-0.05, 0) is 44.2 Å². The average Bonchev–Trinajstić information content (AvgIpc) is 3.44.